The van der Waals surface area contributed by atoms with E-state index in [1.54, 1.807) is 19.0 Å². The Hall–Kier alpha value is -1.71. The Bertz CT molecular complexity index is 458. The molecule has 2 nitrogen and oxygen atoms in total. The summed E-state index contributed by atoms with van der Waals surface area (Å²) in [6.07, 6.45) is -4.31. The summed E-state index contributed by atoms with van der Waals surface area (Å²) in [6.45, 7) is 3.08. The van der Waals surface area contributed by atoms with Crippen LogP contribution in [0.4, 0.5) is 18.9 Å². The number of hydrogen-bond acceptors (Lipinski definition) is 2. The van der Waals surface area contributed by atoms with Crippen molar-refractivity contribution in [2.45, 2.75) is 11.8 Å². The lowest BCUT2D eigenvalue weighted by atomic mass is 9.93. The van der Waals surface area contributed by atoms with Gasteiger partial charge >= 0.3 is 6.18 Å². The van der Waals surface area contributed by atoms with Gasteiger partial charge in [0.05, 0.1) is 0 Å². The second-order valence-corrected chi connectivity index (χ2v) is 4.05. The summed E-state index contributed by atoms with van der Waals surface area (Å²) in [5.74, 6) is 0. The van der Waals surface area contributed by atoms with E-state index in [0.29, 0.717) is 6.08 Å². The van der Waals surface area contributed by atoms with Crippen LogP contribution in [0.1, 0.15) is 5.56 Å². The second kappa shape index (κ2) is 4.88. The fourth-order valence-corrected chi connectivity index (χ4v) is 1.49. The zero-order chi connectivity index (χ0) is 14.0. The molecule has 0 saturated carbocycles. The summed E-state index contributed by atoms with van der Waals surface area (Å²) < 4.78 is 38.6. The van der Waals surface area contributed by atoms with Gasteiger partial charge in [-0.3, -0.25) is 0 Å². The van der Waals surface area contributed by atoms with Crippen LogP contribution in [0.25, 0.3) is 0 Å². The van der Waals surface area contributed by atoms with Crippen molar-refractivity contribution in [3.05, 3.63) is 48.2 Å². The van der Waals surface area contributed by atoms with Gasteiger partial charge in [-0.1, -0.05) is 18.7 Å². The van der Waals surface area contributed by atoms with Crippen molar-refractivity contribution < 1.29 is 18.3 Å². The van der Waals surface area contributed by atoms with Gasteiger partial charge in [-0.15, -0.1) is 5.73 Å². The summed E-state index contributed by atoms with van der Waals surface area (Å²) in [5.41, 5.74) is -0.586. The van der Waals surface area contributed by atoms with Crippen LogP contribution in [0.2, 0.25) is 0 Å². The number of benzene rings is 1. The van der Waals surface area contributed by atoms with E-state index >= 15 is 0 Å². The minimum absolute atomic E-state index is 0.267. The molecule has 1 N–H and O–H groups in total. The van der Waals surface area contributed by atoms with Crippen molar-refractivity contribution in [3.63, 3.8) is 0 Å². The van der Waals surface area contributed by atoms with Gasteiger partial charge in [-0.05, 0) is 17.7 Å². The summed E-state index contributed by atoms with van der Waals surface area (Å²) in [5, 5.41) is 9.75. The highest BCUT2D eigenvalue weighted by Gasteiger charge is 2.53. The predicted molar refractivity (Wildman–Crippen MR) is 64.4 cm³/mol. The van der Waals surface area contributed by atoms with Crippen molar-refractivity contribution in [3.8, 4) is 0 Å². The molecule has 0 aromatic heterocycles. The van der Waals surface area contributed by atoms with Crippen LogP contribution in [0.5, 0.6) is 0 Å². The first-order chi connectivity index (χ1) is 8.22. The van der Waals surface area contributed by atoms with Crippen molar-refractivity contribution in [2.24, 2.45) is 0 Å². The monoisotopic (exact) mass is 257 g/mol. The van der Waals surface area contributed by atoms with Gasteiger partial charge in [0.2, 0.25) is 5.60 Å². The summed E-state index contributed by atoms with van der Waals surface area (Å²) in [6, 6.07) is 5.47. The fourth-order valence-electron chi connectivity index (χ4n) is 1.49. The first kappa shape index (κ1) is 14.4. The van der Waals surface area contributed by atoms with E-state index < -0.39 is 11.8 Å². The van der Waals surface area contributed by atoms with Gasteiger partial charge in [0.15, 0.2) is 0 Å². The van der Waals surface area contributed by atoms with Gasteiger partial charge in [0.25, 0.3) is 0 Å². The lowest BCUT2D eigenvalue weighted by molar-refractivity contribution is -0.245. The number of anilines is 1. The zero-order valence-corrected chi connectivity index (χ0v) is 10.1. The molecule has 0 fully saturated rings. The van der Waals surface area contributed by atoms with Gasteiger partial charge in [0, 0.05) is 25.9 Å². The van der Waals surface area contributed by atoms with Gasteiger partial charge in [-0.25, -0.2) is 0 Å². The van der Waals surface area contributed by atoms with Crippen molar-refractivity contribution in [1.29, 1.82) is 0 Å². The Labute approximate surface area is 104 Å². The number of halogens is 3. The van der Waals surface area contributed by atoms with Crippen LogP contribution >= 0.6 is 0 Å². The third-order valence-electron chi connectivity index (χ3n) is 2.57. The van der Waals surface area contributed by atoms with Crippen LogP contribution in [0, 0.1) is 0 Å². The third-order valence-corrected chi connectivity index (χ3v) is 2.57. The Kier molecular flexibility index (Phi) is 3.89. The van der Waals surface area contributed by atoms with E-state index in [2.05, 4.69) is 6.58 Å². The molecular formula is C13H14F3NO. The summed E-state index contributed by atoms with van der Waals surface area (Å²) in [7, 11) is 3.54. The average molecular weight is 257 g/mol. The SMILES string of the molecule is C=C=C[C@@](O)(c1ccc(N(C)C)cc1)C(F)(F)F. The van der Waals surface area contributed by atoms with E-state index in [-0.39, 0.29) is 5.56 Å². The van der Waals surface area contributed by atoms with Crippen LogP contribution in [0.15, 0.2) is 42.7 Å². The average Bonchev–Trinajstić information content (AvgIpc) is 2.28. The Morgan fingerprint density at radius 3 is 2.06 bits per heavy atom. The lowest BCUT2D eigenvalue weighted by Gasteiger charge is -2.27. The molecule has 1 aromatic carbocycles. The normalized spacial score (nSPS) is 14.6. The Morgan fingerprint density at radius 2 is 1.72 bits per heavy atom. The molecule has 1 atom stereocenters. The van der Waals surface area contributed by atoms with Crippen LogP contribution in [-0.2, 0) is 5.60 Å². The van der Waals surface area contributed by atoms with Crippen molar-refractivity contribution in [2.75, 3.05) is 19.0 Å². The van der Waals surface area contributed by atoms with E-state index in [1.807, 2.05) is 5.73 Å². The molecule has 0 amide bonds. The minimum Gasteiger partial charge on any atom is -0.378 e. The molecule has 0 unspecified atom stereocenters. The maximum atomic E-state index is 12.9. The van der Waals surface area contributed by atoms with Gasteiger partial charge in [0.1, 0.15) is 0 Å². The smallest absolute Gasteiger partial charge is 0.378 e. The standard InChI is InChI=1S/C13H14F3NO/c1-4-9-12(18,13(14,15)16)10-5-7-11(8-6-10)17(2)3/h5-9,18H,1H2,2-3H3/t12-/m1/s1. The van der Waals surface area contributed by atoms with E-state index in [9.17, 15) is 18.3 Å². The molecule has 0 aliphatic rings. The molecule has 0 bridgehead atoms. The second-order valence-electron chi connectivity index (χ2n) is 4.05. The lowest BCUT2D eigenvalue weighted by Crippen LogP contribution is -2.40. The molecule has 0 saturated heterocycles. The first-order valence-electron chi connectivity index (χ1n) is 5.16. The quantitative estimate of drug-likeness (QED) is 0.842. The number of nitrogens with zero attached hydrogens (tertiary/aromatic N) is 1. The molecule has 1 rings (SSSR count). The molecule has 0 heterocycles. The molecule has 18 heavy (non-hydrogen) atoms. The van der Waals surface area contributed by atoms with Crippen LogP contribution in [-0.4, -0.2) is 25.4 Å². The van der Waals surface area contributed by atoms with Crippen LogP contribution < -0.4 is 4.90 Å². The van der Waals surface area contributed by atoms with E-state index in [4.69, 9.17) is 0 Å². The Balaban J connectivity index is 3.28. The molecule has 0 aliphatic carbocycles. The number of hydrogen-bond donors (Lipinski definition) is 1. The highest BCUT2D eigenvalue weighted by Crippen LogP contribution is 2.40. The molecular weight excluding hydrogens is 243 g/mol. The predicted octanol–water partition coefficient (Wildman–Crippen LogP) is 2.84. The van der Waals surface area contributed by atoms with E-state index in [0.717, 1.165) is 5.69 Å². The molecule has 5 heteroatoms. The van der Waals surface area contributed by atoms with E-state index in [1.165, 1.54) is 24.3 Å². The maximum Gasteiger partial charge on any atom is 0.425 e. The number of rotatable bonds is 3. The van der Waals surface area contributed by atoms with Gasteiger partial charge in [-0.2, -0.15) is 13.2 Å². The molecule has 1 aromatic rings. The van der Waals surface area contributed by atoms with Gasteiger partial charge < -0.3 is 10.0 Å². The largest absolute Gasteiger partial charge is 0.425 e. The fraction of sp³-hybridized carbons (Fsp3) is 0.308. The maximum absolute atomic E-state index is 12.9. The summed E-state index contributed by atoms with van der Waals surface area (Å²) >= 11 is 0. The first-order valence-corrected chi connectivity index (χ1v) is 5.16. The Morgan fingerprint density at radius 1 is 1.22 bits per heavy atom. The topological polar surface area (TPSA) is 23.5 Å². The molecule has 0 spiro atoms. The molecule has 0 radical (unpaired) electrons. The highest BCUT2D eigenvalue weighted by molar-refractivity contribution is 5.47. The van der Waals surface area contributed by atoms with Crippen molar-refractivity contribution >= 4 is 5.69 Å². The highest BCUT2D eigenvalue weighted by atomic mass is 19.4. The number of alkyl halides is 3. The van der Waals surface area contributed by atoms with Crippen LogP contribution in [0.3, 0.4) is 0 Å². The molecule has 0 aliphatic heterocycles. The zero-order valence-electron chi connectivity index (χ0n) is 10.1. The number of aliphatic hydroxyl groups is 1. The molecule has 98 valence electrons. The van der Waals surface area contributed by atoms with Crippen molar-refractivity contribution in [1.82, 2.24) is 0 Å². The summed E-state index contributed by atoms with van der Waals surface area (Å²) in [4.78, 5) is 1.75. The third kappa shape index (κ3) is 2.58. The minimum atomic E-state index is -4.82.